The Balaban J connectivity index is 2.82. The van der Waals surface area contributed by atoms with Gasteiger partial charge in [-0.2, -0.15) is 0 Å². The number of nitrogens with one attached hydrogen (secondary N) is 1. The molecule has 0 fully saturated rings. The second-order valence-corrected chi connectivity index (χ2v) is 5.39. The highest BCUT2D eigenvalue weighted by Crippen LogP contribution is 2.18. The molecule has 2 unspecified atom stereocenters. The molecule has 0 aliphatic carbocycles. The van der Waals surface area contributed by atoms with Crippen molar-refractivity contribution in [2.75, 3.05) is 6.61 Å². The fourth-order valence-electron chi connectivity index (χ4n) is 2.52. The zero-order valence-electron chi connectivity index (χ0n) is 13.6. The summed E-state index contributed by atoms with van der Waals surface area (Å²) in [6, 6.07) is 9.86. The summed E-state index contributed by atoms with van der Waals surface area (Å²) in [6.07, 6.45) is 5.67. The third kappa shape index (κ3) is 6.30. The predicted octanol–water partition coefficient (Wildman–Crippen LogP) is 4.24. The molecule has 0 radical (unpaired) electrons. The average Bonchev–Trinajstić information content (AvgIpc) is 2.51. The van der Waals surface area contributed by atoms with E-state index in [1.807, 2.05) is 37.3 Å². The van der Waals surface area contributed by atoms with Crippen LogP contribution in [0.2, 0.25) is 0 Å². The molecule has 3 nitrogen and oxygen atoms in total. The van der Waals surface area contributed by atoms with Crippen molar-refractivity contribution in [1.82, 2.24) is 5.32 Å². The fourth-order valence-corrected chi connectivity index (χ4v) is 2.52. The highest BCUT2D eigenvalue weighted by atomic mass is 16.5. The van der Waals surface area contributed by atoms with Gasteiger partial charge in [0.25, 0.3) is 0 Å². The molecular weight excluding hydrogens is 262 g/mol. The number of carbonyl (C=O) groups excluding carboxylic acids is 1. The van der Waals surface area contributed by atoms with E-state index in [0.717, 1.165) is 24.8 Å². The number of benzene rings is 1. The van der Waals surface area contributed by atoms with Crippen LogP contribution in [0.5, 0.6) is 0 Å². The van der Waals surface area contributed by atoms with Crippen molar-refractivity contribution in [2.24, 2.45) is 0 Å². The van der Waals surface area contributed by atoms with Crippen LogP contribution in [-0.4, -0.2) is 18.6 Å². The van der Waals surface area contributed by atoms with Gasteiger partial charge in [-0.25, -0.2) is 4.79 Å². The third-order valence-corrected chi connectivity index (χ3v) is 3.60. The predicted molar refractivity (Wildman–Crippen MR) is 87.2 cm³/mol. The van der Waals surface area contributed by atoms with Gasteiger partial charge in [-0.3, -0.25) is 5.32 Å². The molecule has 1 aromatic rings. The van der Waals surface area contributed by atoms with E-state index in [1.165, 1.54) is 12.8 Å². The minimum atomic E-state index is -0.362. The second-order valence-electron chi connectivity index (χ2n) is 5.39. The summed E-state index contributed by atoms with van der Waals surface area (Å²) in [4.78, 5) is 12.3. The highest BCUT2D eigenvalue weighted by molar-refractivity contribution is 5.77. The first-order valence-electron chi connectivity index (χ1n) is 8.20. The molecule has 1 rings (SSSR count). The van der Waals surface area contributed by atoms with Crippen LogP contribution in [0, 0.1) is 0 Å². The van der Waals surface area contributed by atoms with E-state index in [2.05, 4.69) is 19.2 Å². The molecule has 0 spiro atoms. The van der Waals surface area contributed by atoms with Crippen molar-refractivity contribution in [2.45, 2.75) is 65.0 Å². The van der Waals surface area contributed by atoms with Gasteiger partial charge in [0.2, 0.25) is 0 Å². The van der Waals surface area contributed by atoms with Crippen molar-refractivity contribution in [1.29, 1.82) is 0 Å². The van der Waals surface area contributed by atoms with E-state index in [1.54, 1.807) is 0 Å². The molecule has 0 saturated carbocycles. The molecule has 0 saturated heterocycles. The summed E-state index contributed by atoms with van der Waals surface area (Å²) in [7, 11) is 0. The van der Waals surface area contributed by atoms with Crippen LogP contribution in [0.25, 0.3) is 0 Å². The van der Waals surface area contributed by atoms with Crippen LogP contribution in [0.15, 0.2) is 30.3 Å². The van der Waals surface area contributed by atoms with Gasteiger partial charge < -0.3 is 4.74 Å². The lowest BCUT2D eigenvalue weighted by atomic mass is 10.0. The van der Waals surface area contributed by atoms with Crippen LogP contribution in [0.4, 0.5) is 0 Å². The second kappa shape index (κ2) is 10.4. The summed E-state index contributed by atoms with van der Waals surface area (Å²) >= 11 is 0. The number of carbonyl (C=O) groups is 1. The molecule has 0 aliphatic heterocycles. The summed E-state index contributed by atoms with van der Waals surface area (Å²) < 4.78 is 5.24. The van der Waals surface area contributed by atoms with Gasteiger partial charge in [-0.15, -0.1) is 0 Å². The van der Waals surface area contributed by atoms with Crippen LogP contribution in [-0.2, 0) is 9.53 Å². The maximum absolute atomic E-state index is 12.3. The van der Waals surface area contributed by atoms with Gasteiger partial charge in [-0.05, 0) is 25.3 Å². The highest BCUT2D eigenvalue weighted by Gasteiger charge is 2.24. The zero-order valence-corrected chi connectivity index (χ0v) is 13.6. The zero-order chi connectivity index (χ0) is 15.5. The Hall–Kier alpha value is -1.35. The van der Waals surface area contributed by atoms with Crippen molar-refractivity contribution >= 4 is 5.97 Å². The lowest BCUT2D eigenvalue weighted by Crippen LogP contribution is -2.38. The van der Waals surface area contributed by atoms with E-state index in [0.29, 0.717) is 12.6 Å². The maximum atomic E-state index is 12.3. The average molecular weight is 291 g/mol. The van der Waals surface area contributed by atoms with Crippen molar-refractivity contribution in [3.63, 3.8) is 0 Å². The van der Waals surface area contributed by atoms with Crippen LogP contribution in [0.3, 0.4) is 0 Å². The van der Waals surface area contributed by atoms with E-state index >= 15 is 0 Å². The molecule has 0 amide bonds. The number of ether oxygens (including phenoxy) is 1. The van der Waals surface area contributed by atoms with Crippen LogP contribution in [0.1, 0.15) is 64.5 Å². The number of hydrogen-bond acceptors (Lipinski definition) is 3. The number of hydrogen-bond donors (Lipinski definition) is 1. The minimum Gasteiger partial charge on any atom is -0.465 e. The molecule has 0 aliphatic rings. The molecule has 0 bridgehead atoms. The molecule has 1 N–H and O–H groups in total. The quantitative estimate of drug-likeness (QED) is 0.655. The van der Waals surface area contributed by atoms with E-state index < -0.39 is 0 Å². The Bertz CT molecular complexity index is 391. The Labute approximate surface area is 129 Å². The van der Waals surface area contributed by atoms with Crippen molar-refractivity contribution < 1.29 is 9.53 Å². The lowest BCUT2D eigenvalue weighted by molar-refractivity contribution is -0.146. The first-order valence-corrected chi connectivity index (χ1v) is 8.20. The van der Waals surface area contributed by atoms with Gasteiger partial charge in [0.05, 0.1) is 6.61 Å². The lowest BCUT2D eigenvalue weighted by Gasteiger charge is -2.24. The van der Waals surface area contributed by atoms with E-state index in [-0.39, 0.29) is 12.0 Å². The largest absolute Gasteiger partial charge is 0.465 e. The van der Waals surface area contributed by atoms with Crippen molar-refractivity contribution in [3.05, 3.63) is 35.9 Å². The van der Waals surface area contributed by atoms with E-state index in [9.17, 15) is 4.79 Å². The minimum absolute atomic E-state index is 0.179. The summed E-state index contributed by atoms with van der Waals surface area (Å²) in [5, 5.41) is 3.52. The Kier molecular flexibility index (Phi) is 8.76. The molecule has 118 valence electrons. The first kappa shape index (κ1) is 17.7. The molecule has 0 aromatic heterocycles. The molecule has 1 aromatic carbocycles. The third-order valence-electron chi connectivity index (χ3n) is 3.60. The first-order chi connectivity index (χ1) is 10.2. The van der Waals surface area contributed by atoms with Crippen molar-refractivity contribution in [3.8, 4) is 0 Å². The Morgan fingerprint density at radius 1 is 1.10 bits per heavy atom. The molecule has 3 heteroatoms. The fraction of sp³-hybridized carbons (Fsp3) is 0.611. The molecule has 0 heterocycles. The number of rotatable bonds is 10. The Morgan fingerprint density at radius 3 is 2.38 bits per heavy atom. The molecular formula is C18H29NO2. The van der Waals surface area contributed by atoms with Gasteiger partial charge in [0.15, 0.2) is 0 Å². The standard InChI is InChI=1S/C18H29NO2/c1-4-7-14-16(11-5-2)19-17(18(20)21-6-3)15-12-9-8-10-13-15/h8-10,12-13,16-17,19H,4-7,11,14H2,1-3H3. The maximum Gasteiger partial charge on any atom is 0.327 e. The summed E-state index contributed by atoms with van der Waals surface area (Å²) in [5.41, 5.74) is 0.980. The SMILES string of the molecule is CCCCC(CCC)NC(C(=O)OCC)c1ccccc1. The topological polar surface area (TPSA) is 38.3 Å². The number of esters is 1. The monoisotopic (exact) mass is 291 g/mol. The van der Waals surface area contributed by atoms with Gasteiger partial charge in [-0.1, -0.05) is 63.4 Å². The van der Waals surface area contributed by atoms with Crippen LogP contribution < -0.4 is 5.32 Å². The Morgan fingerprint density at radius 2 is 1.81 bits per heavy atom. The summed E-state index contributed by atoms with van der Waals surface area (Å²) in [6.45, 7) is 6.64. The molecule has 2 atom stereocenters. The molecule has 21 heavy (non-hydrogen) atoms. The number of unbranched alkanes of at least 4 members (excludes halogenated alkanes) is 1. The van der Waals surface area contributed by atoms with E-state index in [4.69, 9.17) is 4.74 Å². The van der Waals surface area contributed by atoms with Gasteiger partial charge >= 0.3 is 5.97 Å². The van der Waals surface area contributed by atoms with Gasteiger partial charge in [0, 0.05) is 6.04 Å². The normalized spacial score (nSPS) is 13.7. The smallest absolute Gasteiger partial charge is 0.327 e. The van der Waals surface area contributed by atoms with Gasteiger partial charge in [0.1, 0.15) is 6.04 Å². The summed E-state index contributed by atoms with van der Waals surface area (Å²) in [5.74, 6) is -0.179. The van der Waals surface area contributed by atoms with Crippen LogP contribution >= 0.6 is 0 Å².